The lowest BCUT2D eigenvalue weighted by Gasteiger charge is -2.07. The third-order valence-electron chi connectivity index (χ3n) is 1.90. The quantitative estimate of drug-likeness (QED) is 0.718. The summed E-state index contributed by atoms with van der Waals surface area (Å²) < 4.78 is 25.0. The molecule has 1 aliphatic carbocycles. The van der Waals surface area contributed by atoms with E-state index >= 15 is 0 Å². The highest BCUT2D eigenvalue weighted by Gasteiger charge is 2.75. The Bertz CT molecular complexity index is 195. The molecule has 0 aromatic carbocycles. The second-order valence-corrected chi connectivity index (χ2v) is 3.57. The van der Waals surface area contributed by atoms with Crippen molar-refractivity contribution in [3.63, 3.8) is 0 Å². The van der Waals surface area contributed by atoms with Crippen LogP contribution in [0.2, 0.25) is 0 Å². The summed E-state index contributed by atoms with van der Waals surface area (Å²) in [5.41, 5.74) is -1.76. The first-order valence-corrected chi connectivity index (χ1v) is 4.46. The van der Waals surface area contributed by atoms with E-state index in [4.69, 9.17) is 5.11 Å². The van der Waals surface area contributed by atoms with Gasteiger partial charge in [-0.2, -0.15) is 11.8 Å². The maximum atomic E-state index is 12.5. The van der Waals surface area contributed by atoms with Crippen LogP contribution >= 0.6 is 11.8 Å². The third-order valence-corrected chi connectivity index (χ3v) is 2.68. The number of halogens is 2. The van der Waals surface area contributed by atoms with E-state index in [0.717, 1.165) is 11.8 Å². The van der Waals surface area contributed by atoms with Crippen molar-refractivity contribution in [3.05, 3.63) is 0 Å². The normalized spacial score (nSPS) is 33.4. The third kappa shape index (κ3) is 1.11. The van der Waals surface area contributed by atoms with Crippen LogP contribution in [0.1, 0.15) is 6.42 Å². The molecule has 1 saturated carbocycles. The van der Waals surface area contributed by atoms with E-state index in [0.29, 0.717) is 0 Å². The van der Waals surface area contributed by atoms with Crippen LogP contribution in [0, 0.1) is 5.41 Å². The molecule has 0 saturated heterocycles. The second-order valence-electron chi connectivity index (χ2n) is 2.70. The molecule has 0 bridgehead atoms. The van der Waals surface area contributed by atoms with E-state index in [9.17, 15) is 13.6 Å². The smallest absolute Gasteiger partial charge is 0.316 e. The number of thioether (sulfide) groups is 1. The Labute approximate surface area is 67.0 Å². The largest absolute Gasteiger partial charge is 0.481 e. The zero-order chi connectivity index (χ0) is 8.70. The van der Waals surface area contributed by atoms with Gasteiger partial charge in [-0.3, -0.25) is 4.79 Å². The summed E-state index contributed by atoms with van der Waals surface area (Å²) in [6.45, 7) is 0. The van der Waals surface area contributed by atoms with Crippen molar-refractivity contribution in [2.45, 2.75) is 12.3 Å². The number of hydrogen-bond donors (Lipinski definition) is 1. The predicted molar refractivity (Wildman–Crippen MR) is 38.0 cm³/mol. The SMILES string of the molecule is CSCC1(C(=O)O)CC1(F)F. The molecule has 5 heteroatoms. The van der Waals surface area contributed by atoms with Crippen LogP contribution in [-0.4, -0.2) is 29.0 Å². The van der Waals surface area contributed by atoms with Crippen LogP contribution in [0.4, 0.5) is 8.78 Å². The Morgan fingerprint density at radius 3 is 2.27 bits per heavy atom. The van der Waals surface area contributed by atoms with Gasteiger partial charge in [0.2, 0.25) is 0 Å². The highest BCUT2D eigenvalue weighted by atomic mass is 32.2. The average molecular weight is 182 g/mol. The van der Waals surface area contributed by atoms with E-state index in [1.54, 1.807) is 6.26 Å². The van der Waals surface area contributed by atoms with Crippen LogP contribution in [0.5, 0.6) is 0 Å². The molecule has 11 heavy (non-hydrogen) atoms. The van der Waals surface area contributed by atoms with Crippen molar-refractivity contribution >= 4 is 17.7 Å². The van der Waals surface area contributed by atoms with Crippen molar-refractivity contribution < 1.29 is 18.7 Å². The minimum Gasteiger partial charge on any atom is -0.481 e. The molecule has 1 aliphatic rings. The van der Waals surface area contributed by atoms with E-state index in [-0.39, 0.29) is 5.75 Å². The molecule has 0 radical (unpaired) electrons. The van der Waals surface area contributed by atoms with Crippen molar-refractivity contribution in [1.82, 2.24) is 0 Å². The van der Waals surface area contributed by atoms with Gasteiger partial charge in [-0.05, 0) is 6.26 Å². The topological polar surface area (TPSA) is 37.3 Å². The minimum absolute atomic E-state index is 0.00463. The molecular formula is C6H8F2O2S. The lowest BCUT2D eigenvalue weighted by molar-refractivity contribution is -0.146. The molecule has 1 fully saturated rings. The van der Waals surface area contributed by atoms with E-state index < -0.39 is 23.7 Å². The lowest BCUT2D eigenvalue weighted by Crippen LogP contribution is -2.24. The van der Waals surface area contributed by atoms with Gasteiger partial charge in [-0.15, -0.1) is 0 Å². The summed E-state index contributed by atoms with van der Waals surface area (Å²) in [6, 6.07) is 0. The summed E-state index contributed by atoms with van der Waals surface area (Å²) >= 11 is 1.14. The Morgan fingerprint density at radius 1 is 1.73 bits per heavy atom. The van der Waals surface area contributed by atoms with Crippen LogP contribution in [0.3, 0.4) is 0 Å². The second kappa shape index (κ2) is 2.33. The zero-order valence-corrected chi connectivity index (χ0v) is 6.75. The number of carbonyl (C=O) groups is 1. The van der Waals surface area contributed by atoms with E-state index in [2.05, 4.69) is 0 Å². The molecule has 1 rings (SSSR count). The maximum Gasteiger partial charge on any atom is 0.316 e. The molecule has 0 aliphatic heterocycles. The number of aliphatic carboxylic acids is 1. The fourth-order valence-corrected chi connectivity index (χ4v) is 1.96. The number of hydrogen-bond acceptors (Lipinski definition) is 2. The monoisotopic (exact) mass is 182 g/mol. The van der Waals surface area contributed by atoms with E-state index in [1.165, 1.54) is 0 Å². The van der Waals surface area contributed by atoms with Crippen LogP contribution in [0.15, 0.2) is 0 Å². The first kappa shape index (κ1) is 8.77. The highest BCUT2D eigenvalue weighted by Crippen LogP contribution is 2.61. The van der Waals surface area contributed by atoms with E-state index in [1.807, 2.05) is 0 Å². The number of rotatable bonds is 3. The van der Waals surface area contributed by atoms with Crippen molar-refractivity contribution in [2.24, 2.45) is 5.41 Å². The molecule has 0 amide bonds. The Kier molecular flexibility index (Phi) is 1.86. The van der Waals surface area contributed by atoms with Gasteiger partial charge in [0.1, 0.15) is 5.41 Å². The first-order chi connectivity index (χ1) is 4.96. The molecule has 0 aromatic rings. The zero-order valence-electron chi connectivity index (χ0n) is 5.93. The lowest BCUT2D eigenvalue weighted by atomic mass is 10.1. The van der Waals surface area contributed by atoms with Gasteiger partial charge in [0.15, 0.2) is 0 Å². The van der Waals surface area contributed by atoms with Gasteiger partial charge in [0.05, 0.1) is 0 Å². The molecule has 1 N–H and O–H groups in total. The van der Waals surface area contributed by atoms with Gasteiger partial charge >= 0.3 is 5.97 Å². The van der Waals surface area contributed by atoms with Crippen molar-refractivity contribution in [1.29, 1.82) is 0 Å². The fraction of sp³-hybridized carbons (Fsp3) is 0.833. The summed E-state index contributed by atoms with van der Waals surface area (Å²) in [7, 11) is 0. The number of carboxylic acids is 1. The molecule has 2 nitrogen and oxygen atoms in total. The van der Waals surface area contributed by atoms with Crippen LogP contribution in [0.25, 0.3) is 0 Å². The summed E-state index contributed by atoms with van der Waals surface area (Å²) in [4.78, 5) is 10.4. The molecule has 1 atom stereocenters. The average Bonchev–Trinajstić information content (AvgIpc) is 2.36. The van der Waals surface area contributed by atoms with Gasteiger partial charge in [0, 0.05) is 12.2 Å². The maximum absolute atomic E-state index is 12.5. The molecular weight excluding hydrogens is 174 g/mol. The summed E-state index contributed by atoms with van der Waals surface area (Å²) in [5.74, 6) is -4.37. The summed E-state index contributed by atoms with van der Waals surface area (Å²) in [5, 5.41) is 8.48. The van der Waals surface area contributed by atoms with Gasteiger partial charge in [0.25, 0.3) is 5.92 Å². The summed E-state index contributed by atoms with van der Waals surface area (Å²) in [6.07, 6.45) is 1.12. The van der Waals surface area contributed by atoms with Crippen molar-refractivity contribution in [3.8, 4) is 0 Å². The predicted octanol–water partition coefficient (Wildman–Crippen LogP) is 1.46. The standard InChI is InChI=1S/C6H8F2O2S/c1-11-3-5(4(9)10)2-6(5,7)8/h2-3H2,1H3,(H,9,10). The van der Waals surface area contributed by atoms with Gasteiger partial charge in [-0.25, -0.2) is 8.78 Å². The highest BCUT2D eigenvalue weighted by molar-refractivity contribution is 7.98. The molecule has 64 valence electrons. The Hall–Kier alpha value is -0.320. The van der Waals surface area contributed by atoms with Crippen LogP contribution < -0.4 is 0 Å². The van der Waals surface area contributed by atoms with Gasteiger partial charge in [-0.1, -0.05) is 0 Å². The minimum atomic E-state index is -2.98. The van der Waals surface area contributed by atoms with Crippen LogP contribution in [-0.2, 0) is 4.79 Å². The number of carboxylic acid groups (broad SMARTS) is 1. The molecule has 1 unspecified atom stereocenters. The Morgan fingerprint density at radius 2 is 2.18 bits per heavy atom. The first-order valence-electron chi connectivity index (χ1n) is 3.06. The Balaban J connectivity index is 2.71. The van der Waals surface area contributed by atoms with Gasteiger partial charge < -0.3 is 5.11 Å². The fourth-order valence-electron chi connectivity index (χ4n) is 1.03. The molecule has 0 spiro atoms. The van der Waals surface area contributed by atoms with Crippen molar-refractivity contribution in [2.75, 3.05) is 12.0 Å². The molecule has 0 heterocycles. The molecule has 0 aromatic heterocycles. The number of alkyl halides is 2.